The van der Waals surface area contributed by atoms with Gasteiger partial charge in [0, 0.05) is 24.3 Å². The minimum absolute atomic E-state index is 0.237. The van der Waals surface area contributed by atoms with E-state index in [0.29, 0.717) is 29.6 Å². The molecule has 3 aromatic rings. The standard InChI is InChI=1S/C26H26N4O3S2/c1-4-17(2)24-23-22(16-30(24)15-20-7-5-18(13-27)6-8-20)34-26(29-23)25(31)28-14-19-9-11-21(12-10-19)35(3,32)33/h5-12,17H,4,14-16H2,1-3H3/p+1. The number of nitrogens with zero attached hydrogens (tertiary/aromatic N) is 3. The molecule has 35 heavy (non-hydrogen) atoms. The third-order valence-corrected chi connectivity index (χ3v) is 8.32. The number of aromatic nitrogens is 1. The van der Waals surface area contributed by atoms with E-state index in [1.54, 1.807) is 24.3 Å². The monoisotopic (exact) mass is 507 g/mol. The number of fused-ring (bicyclic) bond motifs is 1. The Labute approximate surface area is 209 Å². The van der Waals surface area contributed by atoms with Crippen molar-refractivity contribution in [1.82, 2.24) is 10.3 Å². The molecule has 2 heterocycles. The molecule has 1 N–H and O–H groups in total. The van der Waals surface area contributed by atoms with Crippen LogP contribution in [-0.2, 0) is 29.5 Å². The molecule has 1 atom stereocenters. The summed E-state index contributed by atoms with van der Waals surface area (Å²) in [6.45, 7) is 6.03. The Morgan fingerprint density at radius 1 is 1.17 bits per heavy atom. The van der Waals surface area contributed by atoms with E-state index in [-0.39, 0.29) is 10.8 Å². The molecule has 0 saturated carbocycles. The molecule has 0 aliphatic carbocycles. The van der Waals surface area contributed by atoms with Crippen LogP contribution in [0.15, 0.2) is 53.4 Å². The van der Waals surface area contributed by atoms with E-state index in [1.165, 1.54) is 17.6 Å². The smallest absolute Gasteiger partial charge is 0.280 e. The lowest BCUT2D eigenvalue weighted by Crippen LogP contribution is -2.25. The first kappa shape index (κ1) is 24.8. The van der Waals surface area contributed by atoms with Gasteiger partial charge in [-0.25, -0.2) is 18.0 Å². The van der Waals surface area contributed by atoms with E-state index in [4.69, 9.17) is 10.2 Å². The molecule has 0 saturated heterocycles. The number of rotatable bonds is 8. The van der Waals surface area contributed by atoms with Crippen molar-refractivity contribution in [3.8, 4) is 6.07 Å². The zero-order chi connectivity index (χ0) is 25.2. The summed E-state index contributed by atoms with van der Waals surface area (Å²) in [5.74, 6) is 0.0553. The topological polar surface area (TPSA) is 103 Å². The van der Waals surface area contributed by atoms with Crippen LogP contribution in [0.25, 0.3) is 0 Å². The predicted octanol–water partition coefficient (Wildman–Crippen LogP) is 3.91. The second kappa shape index (κ2) is 10.1. The molecule has 9 heteroatoms. The average Bonchev–Trinajstić information content (AvgIpc) is 3.40. The van der Waals surface area contributed by atoms with Crippen molar-refractivity contribution in [3.63, 3.8) is 0 Å². The summed E-state index contributed by atoms with van der Waals surface area (Å²) in [5.41, 5.74) is 4.64. The van der Waals surface area contributed by atoms with Gasteiger partial charge in [-0.2, -0.15) is 5.26 Å². The number of benzene rings is 2. The van der Waals surface area contributed by atoms with Gasteiger partial charge in [0.1, 0.15) is 4.88 Å². The van der Waals surface area contributed by atoms with Crippen LogP contribution < -0.4 is 5.32 Å². The van der Waals surface area contributed by atoms with Crippen LogP contribution in [0.4, 0.5) is 0 Å². The highest BCUT2D eigenvalue weighted by molar-refractivity contribution is 7.90. The highest BCUT2D eigenvalue weighted by Gasteiger charge is 2.37. The van der Waals surface area contributed by atoms with Gasteiger partial charge < -0.3 is 5.32 Å². The normalized spacial score (nSPS) is 13.9. The van der Waals surface area contributed by atoms with Gasteiger partial charge in [0.25, 0.3) is 5.91 Å². The zero-order valence-corrected chi connectivity index (χ0v) is 21.5. The highest BCUT2D eigenvalue weighted by atomic mass is 32.2. The molecule has 180 valence electrons. The molecule has 1 aliphatic rings. The summed E-state index contributed by atoms with van der Waals surface area (Å²) < 4.78 is 25.5. The van der Waals surface area contributed by atoms with Crippen LogP contribution >= 0.6 is 11.3 Å². The minimum atomic E-state index is -3.25. The number of thiazole rings is 1. The Kier molecular flexibility index (Phi) is 7.15. The summed E-state index contributed by atoms with van der Waals surface area (Å²) in [6.07, 6.45) is 2.13. The highest BCUT2D eigenvalue weighted by Crippen LogP contribution is 2.30. The van der Waals surface area contributed by atoms with E-state index < -0.39 is 9.84 Å². The first-order valence-electron chi connectivity index (χ1n) is 11.4. The zero-order valence-electron chi connectivity index (χ0n) is 19.9. The van der Waals surface area contributed by atoms with Crippen molar-refractivity contribution in [1.29, 1.82) is 5.26 Å². The first-order chi connectivity index (χ1) is 16.7. The van der Waals surface area contributed by atoms with Crippen LogP contribution in [0.3, 0.4) is 0 Å². The number of nitriles is 1. The maximum atomic E-state index is 12.8. The summed E-state index contributed by atoms with van der Waals surface area (Å²) in [5, 5.41) is 12.4. The second-order valence-electron chi connectivity index (χ2n) is 8.75. The summed E-state index contributed by atoms with van der Waals surface area (Å²) in [7, 11) is -3.25. The van der Waals surface area contributed by atoms with Crippen LogP contribution in [0.1, 0.15) is 57.3 Å². The first-order valence-corrected chi connectivity index (χ1v) is 14.1. The number of hydrogen-bond donors (Lipinski definition) is 1. The van der Waals surface area contributed by atoms with Gasteiger partial charge in [0.2, 0.25) is 5.71 Å². The Morgan fingerprint density at radius 2 is 1.83 bits per heavy atom. The molecular formula is C26H27N4O3S2+. The molecule has 0 bridgehead atoms. The van der Waals surface area contributed by atoms with E-state index in [0.717, 1.165) is 40.4 Å². The third-order valence-electron chi connectivity index (χ3n) is 6.15. The Bertz CT molecular complexity index is 1430. The fourth-order valence-corrected chi connectivity index (χ4v) is 5.69. The average molecular weight is 508 g/mol. The van der Waals surface area contributed by atoms with E-state index in [2.05, 4.69) is 29.8 Å². The van der Waals surface area contributed by atoms with Gasteiger partial charge in [-0.3, -0.25) is 4.79 Å². The van der Waals surface area contributed by atoms with Gasteiger partial charge in [-0.1, -0.05) is 38.1 Å². The Hall–Kier alpha value is -3.35. The number of amides is 1. The number of nitrogens with one attached hydrogen (secondary N) is 1. The molecule has 2 aromatic carbocycles. The lowest BCUT2D eigenvalue weighted by Gasteiger charge is -2.09. The molecule has 1 aromatic heterocycles. The number of sulfone groups is 1. The fourth-order valence-electron chi connectivity index (χ4n) is 4.06. The van der Waals surface area contributed by atoms with Crippen molar-refractivity contribution >= 4 is 32.8 Å². The molecule has 1 unspecified atom stereocenters. The Balaban J connectivity index is 1.50. The molecule has 0 radical (unpaired) electrons. The Morgan fingerprint density at radius 3 is 2.43 bits per heavy atom. The minimum Gasteiger partial charge on any atom is -0.346 e. The largest absolute Gasteiger partial charge is 0.346 e. The van der Waals surface area contributed by atoms with Crippen molar-refractivity contribution in [3.05, 3.63) is 80.8 Å². The molecule has 4 rings (SSSR count). The van der Waals surface area contributed by atoms with Crippen molar-refractivity contribution in [2.75, 3.05) is 6.26 Å². The predicted molar refractivity (Wildman–Crippen MR) is 135 cm³/mol. The van der Waals surface area contributed by atoms with Crippen LogP contribution in [0.5, 0.6) is 0 Å². The van der Waals surface area contributed by atoms with Gasteiger partial charge in [0.05, 0.1) is 16.5 Å². The summed E-state index contributed by atoms with van der Waals surface area (Å²) in [4.78, 5) is 18.9. The molecule has 0 spiro atoms. The van der Waals surface area contributed by atoms with Crippen molar-refractivity contribution in [2.45, 2.75) is 44.8 Å². The third kappa shape index (κ3) is 5.50. The molecule has 7 nitrogen and oxygen atoms in total. The maximum absolute atomic E-state index is 12.8. The molecule has 1 aliphatic heterocycles. The van der Waals surface area contributed by atoms with E-state index >= 15 is 0 Å². The molecular weight excluding hydrogens is 480 g/mol. The van der Waals surface area contributed by atoms with Gasteiger partial charge >= 0.3 is 0 Å². The number of carbonyl (C=O) groups excluding carboxylic acids is 1. The van der Waals surface area contributed by atoms with Crippen molar-refractivity contribution < 1.29 is 17.8 Å². The quantitative estimate of drug-likeness (QED) is 0.466. The van der Waals surface area contributed by atoms with Gasteiger partial charge in [0.15, 0.2) is 33.6 Å². The summed E-state index contributed by atoms with van der Waals surface area (Å²) in [6, 6.07) is 16.3. The second-order valence-corrected chi connectivity index (χ2v) is 11.8. The molecule has 0 fully saturated rings. The number of hydrogen-bond acceptors (Lipinski definition) is 6. The van der Waals surface area contributed by atoms with Crippen LogP contribution in [0, 0.1) is 17.2 Å². The van der Waals surface area contributed by atoms with E-state index in [1.807, 2.05) is 24.3 Å². The SMILES string of the molecule is CCC(C)C1=[N+](Cc2ccc(C#N)cc2)Cc2sc(C(=O)NCc3ccc(S(C)(=O)=O)cc3)nc21. The lowest BCUT2D eigenvalue weighted by molar-refractivity contribution is -0.556. The van der Waals surface area contributed by atoms with Crippen LogP contribution in [0.2, 0.25) is 0 Å². The summed E-state index contributed by atoms with van der Waals surface area (Å²) >= 11 is 1.42. The van der Waals surface area contributed by atoms with E-state index in [9.17, 15) is 13.2 Å². The van der Waals surface area contributed by atoms with Gasteiger partial charge in [-0.15, -0.1) is 11.3 Å². The van der Waals surface area contributed by atoms with Crippen LogP contribution in [-0.4, -0.2) is 35.9 Å². The van der Waals surface area contributed by atoms with Crippen molar-refractivity contribution in [2.24, 2.45) is 5.92 Å². The van der Waals surface area contributed by atoms with Gasteiger partial charge in [-0.05, 0) is 36.2 Å². The lowest BCUT2D eigenvalue weighted by atomic mass is 10.0. The maximum Gasteiger partial charge on any atom is 0.280 e. The molecule has 1 amide bonds. The fraction of sp³-hybridized carbons (Fsp3) is 0.308. The number of carbonyl (C=O) groups is 1.